The number of aryl methyl sites for hydroxylation is 1. The Hall–Kier alpha value is -1.70. The molecule has 0 aromatic heterocycles. The Labute approximate surface area is 127 Å². The van der Waals surface area contributed by atoms with E-state index in [4.69, 9.17) is 21.8 Å². The molecule has 1 aliphatic heterocycles. The number of carbonyl (C=O) groups excluding carboxylic acids is 1. The Morgan fingerprint density at radius 3 is 2.62 bits per heavy atom. The minimum Gasteiger partial charge on any atom is -0.323 e. The summed E-state index contributed by atoms with van der Waals surface area (Å²) < 4.78 is 0. The van der Waals surface area contributed by atoms with Crippen LogP contribution < -0.4 is 5.32 Å². The van der Waals surface area contributed by atoms with E-state index in [9.17, 15) is 4.79 Å². The fraction of sp³-hybridized carbons (Fsp3) is 0.462. The lowest BCUT2D eigenvalue weighted by Crippen LogP contribution is -2.31. The van der Waals surface area contributed by atoms with Gasteiger partial charge in [0.1, 0.15) is 0 Å². The predicted molar refractivity (Wildman–Crippen MR) is 80.0 cm³/mol. The maximum absolute atomic E-state index is 11.9. The molecule has 1 fully saturated rings. The number of para-hydroxylation sites is 1. The van der Waals surface area contributed by atoms with Gasteiger partial charge in [-0.05, 0) is 44.5 Å². The molecular weight excluding hydrogens is 298 g/mol. The second kappa shape index (κ2) is 9.28. The van der Waals surface area contributed by atoms with Crippen molar-refractivity contribution in [3.63, 3.8) is 0 Å². The molecule has 1 saturated heterocycles. The molecule has 0 spiro atoms. The van der Waals surface area contributed by atoms with E-state index in [0.717, 1.165) is 24.3 Å². The Balaban J connectivity index is 0.000000491. The summed E-state index contributed by atoms with van der Waals surface area (Å²) in [4.78, 5) is 25.1. The van der Waals surface area contributed by atoms with Gasteiger partial charge in [0.05, 0.1) is 17.3 Å². The Kier molecular flexibility index (Phi) is 7.66. The Morgan fingerprint density at radius 1 is 1.48 bits per heavy atom. The number of benzene rings is 1. The van der Waals surface area contributed by atoms with Crippen LogP contribution in [0, 0.1) is 11.8 Å². The quantitative estimate of drug-likeness (QED) is 0.506. The van der Waals surface area contributed by atoms with Gasteiger partial charge in [-0.2, -0.15) is 10.2 Å². The van der Waals surface area contributed by atoms with Crippen LogP contribution in [0.15, 0.2) is 23.5 Å². The van der Waals surface area contributed by atoms with E-state index < -0.39 is 0 Å². The van der Waals surface area contributed by atoms with Crippen molar-refractivity contribution in [3.05, 3.63) is 33.7 Å². The van der Waals surface area contributed by atoms with E-state index >= 15 is 0 Å². The van der Waals surface area contributed by atoms with Crippen LogP contribution in [0.25, 0.3) is 0 Å². The second-order valence-corrected chi connectivity index (χ2v) is 5.03. The average molecular weight is 316 g/mol. The molecule has 1 aliphatic rings. The van der Waals surface area contributed by atoms with Gasteiger partial charge in [-0.3, -0.25) is 9.69 Å². The third kappa shape index (κ3) is 6.07. The zero-order chi connectivity index (χ0) is 15.7. The number of amides is 1. The van der Waals surface area contributed by atoms with Crippen molar-refractivity contribution in [2.75, 3.05) is 25.0 Å². The highest BCUT2D eigenvalue weighted by Crippen LogP contribution is 2.25. The number of halogens is 1. The van der Waals surface area contributed by atoms with Crippen LogP contribution in [-0.2, 0) is 9.78 Å². The first-order chi connectivity index (χ1) is 10.1. The number of hydrogen-bond acceptors (Lipinski definition) is 6. The molecule has 21 heavy (non-hydrogen) atoms. The van der Waals surface area contributed by atoms with Gasteiger partial charge in [0, 0.05) is 0 Å². The van der Waals surface area contributed by atoms with Crippen molar-refractivity contribution in [2.24, 2.45) is 5.34 Å². The average Bonchev–Trinajstić information content (AvgIpc) is 2.96. The van der Waals surface area contributed by atoms with Crippen molar-refractivity contribution in [1.82, 2.24) is 4.90 Å². The summed E-state index contributed by atoms with van der Waals surface area (Å²) in [5.74, 6) is 0.0168. The van der Waals surface area contributed by atoms with E-state index in [1.54, 1.807) is 11.4 Å². The Morgan fingerprint density at radius 2 is 2.10 bits per heavy atom. The maximum atomic E-state index is 11.9. The van der Waals surface area contributed by atoms with Crippen LogP contribution in [0.4, 0.5) is 5.69 Å². The Bertz CT molecular complexity index is 458. The second-order valence-electron chi connectivity index (χ2n) is 4.62. The van der Waals surface area contributed by atoms with Gasteiger partial charge in [0.2, 0.25) is 5.91 Å². The number of nitrogens with zero attached hydrogens (tertiary/aromatic N) is 2. The molecule has 0 atom stereocenters. The summed E-state index contributed by atoms with van der Waals surface area (Å²) in [5.41, 5.74) is 1.73. The van der Waals surface area contributed by atoms with Crippen molar-refractivity contribution in [3.8, 4) is 0 Å². The van der Waals surface area contributed by atoms with Gasteiger partial charge >= 0.3 is 0 Å². The smallest absolute Gasteiger partial charge is 0.238 e. The molecule has 0 unspecified atom stereocenters. The van der Waals surface area contributed by atoms with Crippen molar-refractivity contribution in [1.29, 1.82) is 0 Å². The molecule has 8 heteroatoms. The molecule has 2 rings (SSSR count). The number of likely N-dealkylation sites (tertiary alicyclic amines) is 1. The fourth-order valence-corrected chi connectivity index (χ4v) is 2.38. The maximum Gasteiger partial charge on any atom is 0.238 e. The lowest BCUT2D eigenvalue weighted by molar-refractivity contribution is -0.245. The van der Waals surface area contributed by atoms with Crippen LogP contribution in [-0.4, -0.2) is 35.7 Å². The zero-order valence-corrected chi connectivity index (χ0v) is 12.5. The third-order valence-electron chi connectivity index (χ3n) is 3.09. The first-order valence-electron chi connectivity index (χ1n) is 6.49. The van der Waals surface area contributed by atoms with Crippen LogP contribution in [0.1, 0.15) is 18.4 Å². The normalized spacial score (nSPS) is 14.0. The van der Waals surface area contributed by atoms with E-state index in [0.29, 0.717) is 11.6 Å². The highest BCUT2D eigenvalue weighted by molar-refractivity contribution is 6.33. The third-order valence-corrected chi connectivity index (χ3v) is 3.40. The topological polar surface area (TPSA) is 91.2 Å². The van der Waals surface area contributed by atoms with Crippen LogP contribution >= 0.6 is 11.6 Å². The summed E-state index contributed by atoms with van der Waals surface area (Å²) in [6, 6.07) is 5.62. The summed E-state index contributed by atoms with van der Waals surface area (Å²) >= 11 is 6.06. The van der Waals surface area contributed by atoms with Gasteiger partial charge in [0.15, 0.2) is 5.34 Å². The van der Waals surface area contributed by atoms with Crippen LogP contribution in [0.2, 0.25) is 5.02 Å². The molecular formula is C13H18ClN3O4. The largest absolute Gasteiger partial charge is 0.323 e. The number of hydrogen-bond donors (Lipinski definition) is 2. The molecule has 0 radical (unpaired) electrons. The highest BCUT2D eigenvalue weighted by atomic mass is 35.5. The standard InChI is InChI=1S/C13H17ClN2O.HNO3/c1-10-5-4-6-11(14)13(10)15-12(17)9-16-7-2-3-8-16;2-1-4-3/h4-6H,2-3,7-9H2,1H3,(H,15,17);3H. The fourth-order valence-electron chi connectivity index (χ4n) is 2.11. The molecule has 0 saturated carbocycles. The van der Waals surface area contributed by atoms with E-state index in [2.05, 4.69) is 15.2 Å². The van der Waals surface area contributed by atoms with Crippen molar-refractivity contribution < 1.29 is 15.0 Å². The molecule has 1 amide bonds. The summed E-state index contributed by atoms with van der Waals surface area (Å²) in [5, 5.41) is 11.9. The number of anilines is 1. The predicted octanol–water partition coefficient (Wildman–Crippen LogP) is 2.84. The molecule has 0 aliphatic carbocycles. The van der Waals surface area contributed by atoms with Crippen molar-refractivity contribution in [2.45, 2.75) is 19.8 Å². The van der Waals surface area contributed by atoms with E-state index in [1.165, 1.54) is 12.8 Å². The number of nitrogens with one attached hydrogen (secondary N) is 1. The first kappa shape index (κ1) is 17.4. The van der Waals surface area contributed by atoms with E-state index in [-0.39, 0.29) is 5.91 Å². The minimum absolute atomic E-state index is 0.0168. The monoisotopic (exact) mass is 315 g/mol. The molecule has 116 valence electrons. The highest BCUT2D eigenvalue weighted by Gasteiger charge is 2.16. The van der Waals surface area contributed by atoms with Gasteiger partial charge in [-0.25, -0.2) is 0 Å². The minimum atomic E-state index is 0.0168. The van der Waals surface area contributed by atoms with Gasteiger partial charge < -0.3 is 5.32 Å². The molecule has 2 N–H and O–H groups in total. The van der Waals surface area contributed by atoms with Crippen LogP contribution in [0.5, 0.6) is 0 Å². The van der Waals surface area contributed by atoms with Gasteiger partial charge in [-0.1, -0.05) is 23.7 Å². The molecule has 1 aromatic carbocycles. The zero-order valence-electron chi connectivity index (χ0n) is 11.7. The molecule has 0 bridgehead atoms. The summed E-state index contributed by atoms with van der Waals surface area (Å²) in [6.45, 7) is 4.45. The summed E-state index contributed by atoms with van der Waals surface area (Å²) in [7, 11) is 0. The lowest BCUT2D eigenvalue weighted by atomic mass is 10.2. The van der Waals surface area contributed by atoms with Crippen LogP contribution in [0.3, 0.4) is 0 Å². The number of rotatable bonds is 4. The lowest BCUT2D eigenvalue weighted by Gasteiger charge is -2.15. The van der Waals surface area contributed by atoms with E-state index in [1.807, 2.05) is 19.1 Å². The molecule has 1 heterocycles. The van der Waals surface area contributed by atoms with Gasteiger partial charge in [0.25, 0.3) is 0 Å². The SMILES string of the molecule is Cc1cccc(Cl)c1NC(=O)CN1CCCC1.O=NOO. The molecule has 1 aromatic rings. The van der Waals surface area contributed by atoms with Crippen molar-refractivity contribution >= 4 is 23.2 Å². The molecule has 7 nitrogen and oxygen atoms in total. The van der Waals surface area contributed by atoms with Gasteiger partial charge in [-0.15, -0.1) is 4.91 Å². The number of carbonyl (C=O) groups is 1. The first-order valence-corrected chi connectivity index (χ1v) is 6.87. The summed E-state index contributed by atoms with van der Waals surface area (Å²) in [6.07, 6.45) is 2.39.